The molecule has 0 aliphatic heterocycles. The Kier molecular flexibility index (Phi) is 7.56. The zero-order chi connectivity index (χ0) is 23.3. The van der Waals surface area contributed by atoms with Crippen LogP contribution in [0.4, 0.5) is 17.1 Å². The van der Waals surface area contributed by atoms with E-state index >= 15 is 0 Å². The number of benzene rings is 3. The molecule has 0 saturated heterocycles. The van der Waals surface area contributed by atoms with Gasteiger partial charge in [0.1, 0.15) is 11.3 Å². The average molecular weight is 439 g/mol. The Morgan fingerprint density at radius 3 is 2.22 bits per heavy atom. The molecule has 32 heavy (non-hydrogen) atoms. The Balaban J connectivity index is 2.09. The molecule has 7 nitrogen and oxygen atoms in total. The number of nitrogens with zero attached hydrogens (tertiary/aromatic N) is 2. The van der Waals surface area contributed by atoms with Crippen LogP contribution in [0.3, 0.4) is 0 Å². The number of aliphatic hydroxyl groups excluding tert-OH is 2. The third-order valence-corrected chi connectivity index (χ3v) is 5.50. The third kappa shape index (κ3) is 4.64. The number of anilines is 3. The fraction of sp³-hybridized carbons (Fsp3) is 0.320. The number of aliphatic hydroxyl groups is 2. The van der Waals surface area contributed by atoms with Gasteiger partial charge in [0.2, 0.25) is 0 Å². The minimum Gasteiger partial charge on any atom is -0.506 e. The number of esters is 1. The summed E-state index contributed by atoms with van der Waals surface area (Å²) in [6.07, 6.45) is 0. The van der Waals surface area contributed by atoms with Crippen LogP contribution in [0, 0.1) is 6.92 Å². The molecule has 0 radical (unpaired) electrons. The molecule has 0 atom stereocenters. The molecule has 0 heterocycles. The number of hydrogen-bond acceptors (Lipinski definition) is 7. The van der Waals surface area contributed by atoms with Gasteiger partial charge >= 0.3 is 5.97 Å². The van der Waals surface area contributed by atoms with Gasteiger partial charge < -0.3 is 29.9 Å². The molecule has 0 saturated carbocycles. The molecule has 7 heteroatoms. The van der Waals surface area contributed by atoms with E-state index in [1.54, 1.807) is 19.1 Å². The highest BCUT2D eigenvalue weighted by atomic mass is 16.5. The topological polar surface area (TPSA) is 93.5 Å². The number of aromatic hydroxyl groups is 1. The van der Waals surface area contributed by atoms with Crippen molar-refractivity contribution >= 4 is 33.8 Å². The molecule has 3 N–H and O–H groups in total. The van der Waals surface area contributed by atoms with Gasteiger partial charge in [-0.25, -0.2) is 4.79 Å². The van der Waals surface area contributed by atoms with Crippen LogP contribution in [0.15, 0.2) is 48.5 Å². The Bertz CT molecular complexity index is 1090. The number of hydrogen-bond donors (Lipinski definition) is 3. The summed E-state index contributed by atoms with van der Waals surface area (Å²) < 4.78 is 5.15. The Hall–Kier alpha value is -3.29. The first-order valence-corrected chi connectivity index (χ1v) is 10.7. The van der Waals surface area contributed by atoms with E-state index in [9.17, 15) is 20.1 Å². The minimum atomic E-state index is -0.568. The first kappa shape index (κ1) is 23.4. The van der Waals surface area contributed by atoms with Gasteiger partial charge in [-0.1, -0.05) is 24.3 Å². The van der Waals surface area contributed by atoms with Crippen LogP contribution in [0.25, 0.3) is 10.8 Å². The largest absolute Gasteiger partial charge is 0.506 e. The predicted molar refractivity (Wildman–Crippen MR) is 127 cm³/mol. The lowest BCUT2D eigenvalue weighted by Gasteiger charge is -2.27. The highest BCUT2D eigenvalue weighted by Crippen LogP contribution is 2.40. The number of rotatable bonds is 9. The van der Waals surface area contributed by atoms with E-state index in [1.165, 1.54) is 0 Å². The standard InChI is InChI=1S/C25H30N2O5/c1-4-32-25(31)21-16-23(19-7-5-6-8-20(19)24(21)30)26(3)22-10-9-18(15-17(22)2)27(11-13-28)12-14-29/h5-10,15-16,28-30H,4,11-14H2,1-3H3. The number of carbonyl (C=O) groups excluding carboxylic acids is 1. The summed E-state index contributed by atoms with van der Waals surface area (Å²) in [6.45, 7) is 4.79. The van der Waals surface area contributed by atoms with Crippen LogP contribution in [-0.4, -0.2) is 61.2 Å². The van der Waals surface area contributed by atoms with Crippen molar-refractivity contribution in [2.45, 2.75) is 13.8 Å². The minimum absolute atomic E-state index is 0.00314. The summed E-state index contributed by atoms with van der Waals surface area (Å²) in [5.41, 5.74) is 3.71. The van der Waals surface area contributed by atoms with E-state index in [2.05, 4.69) is 0 Å². The van der Waals surface area contributed by atoms with Gasteiger partial charge in [0.25, 0.3) is 0 Å². The fourth-order valence-electron chi connectivity index (χ4n) is 3.94. The number of fused-ring (bicyclic) bond motifs is 1. The van der Waals surface area contributed by atoms with Crippen molar-refractivity contribution < 1.29 is 24.9 Å². The highest BCUT2D eigenvalue weighted by Gasteiger charge is 2.21. The third-order valence-electron chi connectivity index (χ3n) is 5.50. The van der Waals surface area contributed by atoms with Crippen molar-refractivity contribution in [1.82, 2.24) is 0 Å². The maximum absolute atomic E-state index is 12.5. The van der Waals surface area contributed by atoms with Crippen molar-refractivity contribution in [3.05, 3.63) is 59.7 Å². The lowest BCUT2D eigenvalue weighted by Crippen LogP contribution is -2.29. The van der Waals surface area contributed by atoms with E-state index in [0.29, 0.717) is 18.5 Å². The quantitative estimate of drug-likeness (QED) is 0.440. The first-order valence-electron chi connectivity index (χ1n) is 10.7. The van der Waals surface area contributed by atoms with Crippen molar-refractivity contribution in [3.8, 4) is 5.75 Å². The molecule has 170 valence electrons. The SMILES string of the molecule is CCOC(=O)c1cc(N(C)c2ccc(N(CCO)CCO)cc2C)c2ccccc2c1O. The Labute approximate surface area is 188 Å². The van der Waals surface area contributed by atoms with Crippen LogP contribution < -0.4 is 9.80 Å². The van der Waals surface area contributed by atoms with Gasteiger partial charge in [0.15, 0.2) is 0 Å². The molecule has 0 aliphatic carbocycles. The van der Waals surface area contributed by atoms with E-state index < -0.39 is 5.97 Å². The summed E-state index contributed by atoms with van der Waals surface area (Å²) >= 11 is 0. The molecule has 0 bridgehead atoms. The molecule has 0 fully saturated rings. The van der Waals surface area contributed by atoms with E-state index in [1.807, 2.05) is 60.2 Å². The molecule has 3 rings (SSSR count). The highest BCUT2D eigenvalue weighted by molar-refractivity contribution is 6.07. The molecule has 3 aromatic carbocycles. The van der Waals surface area contributed by atoms with Crippen molar-refractivity contribution in [3.63, 3.8) is 0 Å². The van der Waals surface area contributed by atoms with Crippen molar-refractivity contribution in [2.24, 2.45) is 0 Å². The second-order valence-corrected chi connectivity index (χ2v) is 7.52. The average Bonchev–Trinajstić information content (AvgIpc) is 2.79. The molecule has 0 spiro atoms. The van der Waals surface area contributed by atoms with Crippen LogP contribution in [-0.2, 0) is 4.74 Å². The van der Waals surface area contributed by atoms with E-state index in [4.69, 9.17) is 4.74 Å². The summed E-state index contributed by atoms with van der Waals surface area (Å²) in [5.74, 6) is -0.659. The normalized spacial score (nSPS) is 10.9. The maximum Gasteiger partial charge on any atom is 0.342 e. The van der Waals surface area contributed by atoms with Crippen molar-refractivity contribution in [1.29, 1.82) is 0 Å². The van der Waals surface area contributed by atoms with Gasteiger partial charge in [-0.05, 0) is 43.7 Å². The Morgan fingerprint density at radius 1 is 0.969 bits per heavy atom. The first-order chi connectivity index (χ1) is 15.4. The maximum atomic E-state index is 12.5. The molecule has 0 unspecified atom stereocenters. The summed E-state index contributed by atoms with van der Waals surface area (Å²) in [5, 5.41) is 30.8. The predicted octanol–water partition coefficient (Wildman–Crippen LogP) is 3.59. The van der Waals surface area contributed by atoms with Crippen LogP contribution >= 0.6 is 0 Å². The van der Waals surface area contributed by atoms with Crippen LogP contribution in [0.2, 0.25) is 0 Å². The molecule has 3 aromatic rings. The van der Waals surface area contributed by atoms with Crippen LogP contribution in [0.5, 0.6) is 5.75 Å². The van der Waals surface area contributed by atoms with Crippen LogP contribution in [0.1, 0.15) is 22.8 Å². The monoisotopic (exact) mass is 438 g/mol. The van der Waals surface area contributed by atoms with Gasteiger partial charge in [-0.15, -0.1) is 0 Å². The molecule has 0 aromatic heterocycles. The molecule has 0 aliphatic rings. The second kappa shape index (κ2) is 10.3. The second-order valence-electron chi connectivity index (χ2n) is 7.52. The number of phenolic OH excluding ortho intramolecular Hbond substituents is 1. The van der Waals surface area contributed by atoms with Gasteiger partial charge in [0, 0.05) is 48.0 Å². The van der Waals surface area contributed by atoms with E-state index in [-0.39, 0.29) is 31.1 Å². The molecular weight excluding hydrogens is 408 g/mol. The smallest absolute Gasteiger partial charge is 0.342 e. The number of ether oxygens (including phenoxy) is 1. The van der Waals surface area contributed by atoms with Gasteiger partial charge in [-0.3, -0.25) is 0 Å². The molecule has 0 amide bonds. The van der Waals surface area contributed by atoms with E-state index in [0.717, 1.165) is 28.0 Å². The van der Waals surface area contributed by atoms with Gasteiger partial charge in [0.05, 0.1) is 19.8 Å². The summed E-state index contributed by atoms with van der Waals surface area (Å²) in [6, 6.07) is 15.0. The lowest BCUT2D eigenvalue weighted by molar-refractivity contribution is 0.0523. The van der Waals surface area contributed by atoms with Crippen molar-refractivity contribution in [2.75, 3.05) is 49.8 Å². The summed E-state index contributed by atoms with van der Waals surface area (Å²) in [7, 11) is 1.91. The van der Waals surface area contributed by atoms with Gasteiger partial charge in [-0.2, -0.15) is 0 Å². The molecular formula is C25H30N2O5. The summed E-state index contributed by atoms with van der Waals surface area (Å²) in [4.78, 5) is 16.4. The Morgan fingerprint density at radius 2 is 1.62 bits per heavy atom. The zero-order valence-corrected chi connectivity index (χ0v) is 18.7. The number of carbonyl (C=O) groups is 1. The lowest BCUT2D eigenvalue weighted by atomic mass is 10.0. The number of aryl methyl sites for hydroxylation is 1. The number of phenols is 1. The zero-order valence-electron chi connectivity index (χ0n) is 18.7. The fourth-order valence-corrected chi connectivity index (χ4v) is 3.94.